The van der Waals surface area contributed by atoms with Crippen molar-refractivity contribution in [2.24, 2.45) is 0 Å². The molecule has 0 atom stereocenters. The molecule has 1 aliphatic rings. The number of rotatable bonds is 7. The zero-order valence-electron chi connectivity index (χ0n) is 13.1. The highest BCUT2D eigenvalue weighted by Crippen LogP contribution is 2.32. The summed E-state index contributed by atoms with van der Waals surface area (Å²) >= 11 is 3.52. The van der Waals surface area contributed by atoms with Crippen LogP contribution in [0.2, 0.25) is 0 Å². The minimum absolute atomic E-state index is 0.308. The van der Waals surface area contributed by atoms with Crippen LogP contribution >= 0.6 is 15.9 Å². The summed E-state index contributed by atoms with van der Waals surface area (Å²) in [7, 11) is 0. The lowest BCUT2D eigenvalue weighted by atomic mass is 10.1. The third kappa shape index (κ3) is 4.18. The van der Waals surface area contributed by atoms with Crippen LogP contribution in [0.3, 0.4) is 0 Å². The molecule has 0 aromatic heterocycles. The van der Waals surface area contributed by atoms with Gasteiger partial charge in [-0.3, -0.25) is 0 Å². The second-order valence-electron chi connectivity index (χ2n) is 5.39. The van der Waals surface area contributed by atoms with E-state index in [4.69, 9.17) is 14.2 Å². The molecule has 5 heteroatoms. The molecular weight excluding hydrogens is 358 g/mol. The van der Waals surface area contributed by atoms with Gasteiger partial charge in [0.15, 0.2) is 11.5 Å². The van der Waals surface area contributed by atoms with E-state index in [1.54, 1.807) is 0 Å². The van der Waals surface area contributed by atoms with E-state index in [1.807, 2.05) is 24.3 Å². The molecule has 0 unspecified atom stereocenters. The Morgan fingerprint density at radius 2 is 1.96 bits per heavy atom. The maximum absolute atomic E-state index is 5.81. The number of halogens is 1. The summed E-state index contributed by atoms with van der Waals surface area (Å²) < 4.78 is 17.6. The fourth-order valence-electron chi connectivity index (χ4n) is 2.43. The van der Waals surface area contributed by atoms with E-state index in [0.29, 0.717) is 6.79 Å². The third-order valence-corrected chi connectivity index (χ3v) is 4.06. The summed E-state index contributed by atoms with van der Waals surface area (Å²) in [6, 6.07) is 12.1. The molecule has 23 heavy (non-hydrogen) atoms. The predicted octanol–water partition coefficient (Wildman–Crippen LogP) is 4.26. The van der Waals surface area contributed by atoms with Crippen LogP contribution in [0.25, 0.3) is 0 Å². The fraction of sp³-hybridized carbons (Fsp3) is 0.333. The predicted molar refractivity (Wildman–Crippen MR) is 93.0 cm³/mol. The fourth-order valence-corrected chi connectivity index (χ4v) is 2.84. The number of ether oxygens (including phenoxy) is 3. The summed E-state index contributed by atoms with van der Waals surface area (Å²) in [4.78, 5) is 0. The molecule has 0 saturated heterocycles. The summed E-state index contributed by atoms with van der Waals surface area (Å²) in [6.07, 6.45) is 1.00. The molecule has 0 aliphatic carbocycles. The van der Waals surface area contributed by atoms with Gasteiger partial charge >= 0.3 is 0 Å². The van der Waals surface area contributed by atoms with E-state index in [1.165, 1.54) is 5.56 Å². The lowest BCUT2D eigenvalue weighted by Crippen LogP contribution is -2.14. The quantitative estimate of drug-likeness (QED) is 0.782. The van der Waals surface area contributed by atoms with Crippen molar-refractivity contribution in [2.75, 3.05) is 13.4 Å². The molecular formula is C18H20BrNO3. The highest BCUT2D eigenvalue weighted by molar-refractivity contribution is 9.10. The molecule has 0 spiro atoms. The minimum atomic E-state index is 0.308. The van der Waals surface area contributed by atoms with Crippen LogP contribution in [-0.4, -0.2) is 13.4 Å². The first-order chi connectivity index (χ1) is 11.3. The molecule has 1 aliphatic heterocycles. The van der Waals surface area contributed by atoms with E-state index in [2.05, 4.69) is 40.3 Å². The van der Waals surface area contributed by atoms with Gasteiger partial charge in [-0.15, -0.1) is 0 Å². The SMILES string of the molecule is CCCOc1ccc(Br)cc1CNCc1ccc2c(c1)OCO2. The average Bonchev–Trinajstić information content (AvgIpc) is 3.02. The van der Waals surface area contributed by atoms with Crippen molar-refractivity contribution in [1.82, 2.24) is 5.32 Å². The Labute approximate surface area is 144 Å². The smallest absolute Gasteiger partial charge is 0.231 e. The molecule has 3 rings (SSSR count). The Morgan fingerprint density at radius 1 is 1.09 bits per heavy atom. The highest BCUT2D eigenvalue weighted by atomic mass is 79.9. The maximum atomic E-state index is 5.81. The second kappa shape index (κ2) is 7.70. The van der Waals surface area contributed by atoms with Gasteiger partial charge in [-0.2, -0.15) is 0 Å². The van der Waals surface area contributed by atoms with Crippen molar-refractivity contribution in [3.63, 3.8) is 0 Å². The topological polar surface area (TPSA) is 39.7 Å². The molecule has 0 bridgehead atoms. The van der Waals surface area contributed by atoms with E-state index in [-0.39, 0.29) is 0 Å². The van der Waals surface area contributed by atoms with E-state index < -0.39 is 0 Å². The maximum Gasteiger partial charge on any atom is 0.231 e. The summed E-state index contributed by atoms with van der Waals surface area (Å²) in [5, 5.41) is 3.46. The first kappa shape index (κ1) is 16.1. The number of fused-ring (bicyclic) bond motifs is 1. The van der Waals surface area contributed by atoms with Crippen molar-refractivity contribution in [3.8, 4) is 17.2 Å². The van der Waals surface area contributed by atoms with Gasteiger partial charge in [0.2, 0.25) is 6.79 Å². The Bertz CT molecular complexity index is 675. The number of hydrogen-bond acceptors (Lipinski definition) is 4. The van der Waals surface area contributed by atoms with E-state index in [0.717, 1.165) is 53.4 Å². The average molecular weight is 378 g/mol. The summed E-state index contributed by atoms with van der Waals surface area (Å²) in [5.41, 5.74) is 2.31. The Morgan fingerprint density at radius 3 is 2.83 bits per heavy atom. The Kier molecular flexibility index (Phi) is 5.41. The number of nitrogens with one attached hydrogen (secondary N) is 1. The molecule has 2 aromatic carbocycles. The first-order valence-corrected chi connectivity index (χ1v) is 8.56. The standard InChI is InChI=1S/C18H20BrNO3/c1-2-7-21-16-6-4-15(19)9-14(16)11-20-10-13-3-5-17-18(8-13)23-12-22-17/h3-6,8-9,20H,2,7,10-12H2,1H3. The van der Waals surface area contributed by atoms with Gasteiger partial charge < -0.3 is 19.5 Å². The van der Waals surface area contributed by atoms with Gasteiger partial charge in [-0.05, 0) is 42.3 Å². The van der Waals surface area contributed by atoms with Crippen LogP contribution in [0.1, 0.15) is 24.5 Å². The number of benzene rings is 2. The molecule has 0 amide bonds. The third-order valence-electron chi connectivity index (χ3n) is 3.57. The molecule has 0 radical (unpaired) electrons. The molecule has 0 saturated carbocycles. The van der Waals surface area contributed by atoms with Crippen molar-refractivity contribution in [3.05, 3.63) is 52.0 Å². The van der Waals surface area contributed by atoms with Gasteiger partial charge in [0, 0.05) is 23.1 Å². The van der Waals surface area contributed by atoms with Gasteiger partial charge in [0.05, 0.1) is 6.61 Å². The van der Waals surface area contributed by atoms with Crippen LogP contribution in [0.15, 0.2) is 40.9 Å². The van der Waals surface area contributed by atoms with Crippen molar-refractivity contribution in [2.45, 2.75) is 26.4 Å². The second-order valence-corrected chi connectivity index (χ2v) is 6.31. The Balaban J connectivity index is 1.60. The van der Waals surface area contributed by atoms with Gasteiger partial charge in [-0.1, -0.05) is 28.9 Å². The van der Waals surface area contributed by atoms with Gasteiger partial charge in [0.1, 0.15) is 5.75 Å². The normalized spacial score (nSPS) is 12.4. The van der Waals surface area contributed by atoms with Crippen molar-refractivity contribution in [1.29, 1.82) is 0 Å². The van der Waals surface area contributed by atoms with E-state index >= 15 is 0 Å². The molecule has 2 aromatic rings. The molecule has 0 fully saturated rings. The summed E-state index contributed by atoms with van der Waals surface area (Å²) in [6.45, 7) is 4.65. The van der Waals surface area contributed by atoms with Crippen molar-refractivity contribution < 1.29 is 14.2 Å². The lowest BCUT2D eigenvalue weighted by molar-refractivity contribution is 0.174. The van der Waals surface area contributed by atoms with Gasteiger partial charge in [-0.25, -0.2) is 0 Å². The van der Waals surface area contributed by atoms with Crippen LogP contribution in [0.5, 0.6) is 17.2 Å². The zero-order chi connectivity index (χ0) is 16.1. The molecule has 4 nitrogen and oxygen atoms in total. The zero-order valence-corrected chi connectivity index (χ0v) is 14.7. The van der Waals surface area contributed by atoms with E-state index in [9.17, 15) is 0 Å². The lowest BCUT2D eigenvalue weighted by Gasteiger charge is -2.12. The molecule has 1 heterocycles. The van der Waals surface area contributed by atoms with Crippen LogP contribution in [-0.2, 0) is 13.1 Å². The highest BCUT2D eigenvalue weighted by Gasteiger charge is 2.13. The minimum Gasteiger partial charge on any atom is -0.493 e. The Hall–Kier alpha value is -1.72. The first-order valence-electron chi connectivity index (χ1n) is 7.76. The monoisotopic (exact) mass is 377 g/mol. The van der Waals surface area contributed by atoms with Gasteiger partial charge in [0.25, 0.3) is 0 Å². The molecule has 1 N–H and O–H groups in total. The number of hydrogen-bond donors (Lipinski definition) is 1. The van der Waals surface area contributed by atoms with Crippen LogP contribution in [0.4, 0.5) is 0 Å². The van der Waals surface area contributed by atoms with Crippen molar-refractivity contribution >= 4 is 15.9 Å². The molecule has 122 valence electrons. The summed E-state index contributed by atoms with van der Waals surface area (Å²) in [5.74, 6) is 2.57. The van der Waals surface area contributed by atoms with Crippen LogP contribution in [0, 0.1) is 0 Å². The largest absolute Gasteiger partial charge is 0.493 e. The van der Waals surface area contributed by atoms with Crippen LogP contribution < -0.4 is 19.5 Å².